The number of benzene rings is 2. The maximum atomic E-state index is 12.9. The van der Waals surface area contributed by atoms with Crippen LogP contribution in [0.25, 0.3) is 11.2 Å². The largest absolute Gasteiger partial charge is 0.388 e. The van der Waals surface area contributed by atoms with Crippen LogP contribution in [0.3, 0.4) is 0 Å². The van der Waals surface area contributed by atoms with E-state index >= 15 is 0 Å². The van der Waals surface area contributed by atoms with E-state index in [4.69, 9.17) is 20.2 Å². The Labute approximate surface area is 328 Å². The zero-order valence-corrected chi connectivity index (χ0v) is 31.2. The number of urea groups is 1. The summed E-state index contributed by atoms with van der Waals surface area (Å²) in [5, 5.41) is 53.6. The van der Waals surface area contributed by atoms with Gasteiger partial charge in [-0.05, 0) is 41.3 Å². The van der Waals surface area contributed by atoms with E-state index in [2.05, 4.69) is 60.6 Å². The first-order valence-electron chi connectivity index (χ1n) is 18.3. The van der Waals surface area contributed by atoms with Gasteiger partial charge in [0, 0.05) is 38.0 Å². The molecule has 0 spiro atoms. The summed E-state index contributed by atoms with van der Waals surface area (Å²) in [5.74, 6) is 1.51. The number of aliphatic hydroxyl groups is 2. The summed E-state index contributed by atoms with van der Waals surface area (Å²) >= 11 is 0. The number of nitriles is 1. The van der Waals surface area contributed by atoms with Gasteiger partial charge in [-0.15, -0.1) is 22.6 Å². The van der Waals surface area contributed by atoms with Gasteiger partial charge in [0.15, 0.2) is 22.8 Å². The molecule has 0 radical (unpaired) electrons. The number of anilines is 3. The van der Waals surface area contributed by atoms with Crippen molar-refractivity contribution in [2.24, 2.45) is 0 Å². The molecule has 1 saturated heterocycles. The molecular formula is C38H41ClN14O3. The van der Waals surface area contributed by atoms with Crippen LogP contribution < -0.4 is 20.9 Å². The van der Waals surface area contributed by atoms with Crippen molar-refractivity contribution in [2.45, 2.75) is 62.4 Å². The first kappa shape index (κ1) is 38.1. The number of amides is 2. The third kappa shape index (κ3) is 7.80. The Kier molecular flexibility index (Phi) is 11.3. The second kappa shape index (κ2) is 16.7. The van der Waals surface area contributed by atoms with Gasteiger partial charge in [-0.1, -0.05) is 67.6 Å². The standard InChI is InChI=1S/C38H40N14O3.ClH/c1-2-31-47-49-52(48-31)30-17-29(33(53)34(30)54)51-22-42-32-35(41-20-28(23-9-5-3-6-10-23)24-11-7-4-8-12-24)45-37(46-36(32)51)50-16-15-27(21-50)44-38(55)43-26-14-13-25(18-39)40-19-26;/h3-14,19,22,27-30,33-34,53-54H,2,15-17,20-21H2,1H3,(H,41,45,46)(H2,43,44,55);1H/t27?,29-,30+,33+,34-;/m1./s1. The lowest BCUT2D eigenvalue weighted by Gasteiger charge is -2.22. The van der Waals surface area contributed by atoms with Crippen molar-refractivity contribution >= 4 is 47.1 Å². The fraction of sp³-hybridized carbons (Fsp3) is 0.342. The number of aryl methyl sites for hydroxylation is 1. The quantitative estimate of drug-likeness (QED) is 0.127. The highest BCUT2D eigenvalue weighted by Gasteiger charge is 2.45. The van der Waals surface area contributed by atoms with Crippen LogP contribution in [0.5, 0.6) is 0 Å². The smallest absolute Gasteiger partial charge is 0.319 e. The van der Waals surface area contributed by atoms with Crippen molar-refractivity contribution in [1.29, 1.82) is 5.26 Å². The van der Waals surface area contributed by atoms with Crippen LogP contribution in [0, 0.1) is 11.3 Å². The van der Waals surface area contributed by atoms with E-state index in [1.807, 2.05) is 54.3 Å². The summed E-state index contributed by atoms with van der Waals surface area (Å²) < 4.78 is 1.80. The van der Waals surface area contributed by atoms with E-state index < -0.39 is 24.3 Å². The number of halogens is 1. The Morgan fingerprint density at radius 3 is 2.38 bits per heavy atom. The van der Waals surface area contributed by atoms with Gasteiger partial charge >= 0.3 is 6.03 Å². The molecule has 17 nitrogen and oxygen atoms in total. The highest BCUT2D eigenvalue weighted by atomic mass is 35.5. The Morgan fingerprint density at radius 1 is 0.982 bits per heavy atom. The molecule has 5 N–H and O–H groups in total. The minimum Gasteiger partial charge on any atom is -0.388 e. The maximum absolute atomic E-state index is 12.9. The molecule has 18 heteroatoms. The number of pyridine rings is 1. The number of aromatic nitrogens is 9. The van der Waals surface area contributed by atoms with E-state index in [9.17, 15) is 15.0 Å². The van der Waals surface area contributed by atoms with Crippen molar-refractivity contribution in [1.82, 2.24) is 50.0 Å². The molecule has 1 aliphatic carbocycles. The van der Waals surface area contributed by atoms with Crippen LogP contribution in [0.4, 0.5) is 22.2 Å². The van der Waals surface area contributed by atoms with E-state index in [1.54, 1.807) is 17.0 Å². The Bertz CT molecular complexity index is 2260. The van der Waals surface area contributed by atoms with Gasteiger partial charge in [0.25, 0.3) is 0 Å². The summed E-state index contributed by atoms with van der Waals surface area (Å²) in [6.07, 6.45) is 2.33. The molecule has 2 aromatic carbocycles. The number of imidazole rings is 1. The van der Waals surface area contributed by atoms with Crippen LogP contribution in [0.15, 0.2) is 85.3 Å². The van der Waals surface area contributed by atoms with Gasteiger partial charge in [-0.3, -0.25) is 0 Å². The molecule has 0 bridgehead atoms. The van der Waals surface area contributed by atoms with Gasteiger partial charge in [0.2, 0.25) is 5.95 Å². The van der Waals surface area contributed by atoms with E-state index in [0.29, 0.717) is 73.3 Å². The summed E-state index contributed by atoms with van der Waals surface area (Å²) in [4.78, 5) is 35.1. The molecule has 1 aliphatic heterocycles. The Hall–Kier alpha value is -6.22. The number of hydrogen-bond donors (Lipinski definition) is 5. The summed E-state index contributed by atoms with van der Waals surface area (Å²) in [7, 11) is 0. The number of tetrazole rings is 1. The summed E-state index contributed by atoms with van der Waals surface area (Å²) in [5.41, 5.74) is 4.02. The van der Waals surface area contributed by atoms with Crippen LogP contribution in [0.1, 0.15) is 60.4 Å². The molecule has 56 heavy (non-hydrogen) atoms. The van der Waals surface area contributed by atoms with Gasteiger partial charge in [-0.25, -0.2) is 14.8 Å². The molecule has 1 unspecified atom stereocenters. The number of nitrogens with one attached hydrogen (secondary N) is 3. The second-order valence-electron chi connectivity index (χ2n) is 13.8. The minimum atomic E-state index is -1.15. The van der Waals surface area contributed by atoms with E-state index in [1.165, 1.54) is 17.1 Å². The van der Waals surface area contributed by atoms with Gasteiger partial charge < -0.3 is 35.6 Å². The van der Waals surface area contributed by atoms with Crippen molar-refractivity contribution in [3.63, 3.8) is 0 Å². The summed E-state index contributed by atoms with van der Waals surface area (Å²) in [6, 6.07) is 23.9. The van der Waals surface area contributed by atoms with Crippen molar-refractivity contribution in [2.75, 3.05) is 35.2 Å². The number of aliphatic hydroxyl groups excluding tert-OH is 2. The number of fused-ring (bicyclic) bond motifs is 1. The molecule has 5 atom stereocenters. The molecule has 6 aromatic rings. The van der Waals surface area contributed by atoms with Crippen LogP contribution in [0.2, 0.25) is 0 Å². The molecule has 2 aliphatic rings. The Balaban J connectivity index is 0.00000480. The van der Waals surface area contributed by atoms with Crippen molar-refractivity contribution in [3.8, 4) is 6.07 Å². The maximum Gasteiger partial charge on any atom is 0.319 e. The molecule has 4 aromatic heterocycles. The van der Waals surface area contributed by atoms with Crippen LogP contribution in [-0.4, -0.2) is 98.8 Å². The number of hydrogen-bond acceptors (Lipinski definition) is 13. The second-order valence-corrected chi connectivity index (χ2v) is 13.8. The fourth-order valence-corrected chi connectivity index (χ4v) is 7.38. The zero-order valence-electron chi connectivity index (χ0n) is 30.4. The van der Waals surface area contributed by atoms with E-state index in [-0.39, 0.29) is 36.1 Å². The van der Waals surface area contributed by atoms with E-state index in [0.717, 1.165) is 11.1 Å². The molecule has 5 heterocycles. The highest BCUT2D eigenvalue weighted by molar-refractivity contribution is 5.89. The van der Waals surface area contributed by atoms with Crippen LogP contribution >= 0.6 is 12.4 Å². The predicted molar refractivity (Wildman–Crippen MR) is 209 cm³/mol. The number of carbonyl (C=O) groups is 1. The lowest BCUT2D eigenvalue weighted by atomic mass is 9.91. The normalized spacial score (nSPS) is 20.5. The molecule has 1 saturated carbocycles. The molecule has 288 valence electrons. The SMILES string of the molecule is CCc1nnn([C@H]2C[C@@H](n3cnc4c(NCC(c5ccccc5)c5ccccc5)nc(N5CCC(NC(=O)Nc6ccc(C#N)nc6)C5)nc43)[C@H](O)[C@@H]2O)n1.Cl. The Morgan fingerprint density at radius 2 is 1.71 bits per heavy atom. The predicted octanol–water partition coefficient (Wildman–Crippen LogP) is 3.62. The minimum absolute atomic E-state index is 0. The number of rotatable bonds is 11. The van der Waals surface area contributed by atoms with Gasteiger partial charge in [0.05, 0.1) is 24.3 Å². The average molecular weight is 777 g/mol. The van der Waals surface area contributed by atoms with Crippen molar-refractivity contribution in [3.05, 3.63) is 108 Å². The fourth-order valence-electron chi connectivity index (χ4n) is 7.38. The molecule has 2 fully saturated rings. The van der Waals surface area contributed by atoms with Crippen LogP contribution in [-0.2, 0) is 6.42 Å². The highest BCUT2D eigenvalue weighted by Crippen LogP contribution is 2.40. The number of carbonyl (C=O) groups excluding carboxylic acids is 1. The topological polar surface area (TPSA) is 221 Å². The van der Waals surface area contributed by atoms with Gasteiger partial charge in [-0.2, -0.15) is 20.0 Å². The first-order valence-corrected chi connectivity index (χ1v) is 18.3. The first-order chi connectivity index (χ1) is 26.9. The molecule has 8 rings (SSSR count). The lowest BCUT2D eigenvalue weighted by molar-refractivity contribution is 0.00473. The molecular weight excluding hydrogens is 736 g/mol. The molecule has 2 amide bonds. The average Bonchev–Trinajstić information content (AvgIpc) is 4.03. The van der Waals surface area contributed by atoms with Crippen molar-refractivity contribution < 1.29 is 15.0 Å². The third-order valence-electron chi connectivity index (χ3n) is 10.3. The zero-order chi connectivity index (χ0) is 37.9. The monoisotopic (exact) mass is 776 g/mol. The lowest BCUT2D eigenvalue weighted by Crippen LogP contribution is -2.40. The summed E-state index contributed by atoms with van der Waals surface area (Å²) in [6.45, 7) is 3.45. The van der Waals surface area contributed by atoms with Gasteiger partial charge in [0.1, 0.15) is 30.0 Å². The number of nitrogens with zero attached hydrogens (tertiary/aromatic N) is 11. The third-order valence-corrected chi connectivity index (χ3v) is 10.3.